The third kappa shape index (κ3) is 3.13. The first-order chi connectivity index (χ1) is 6.24. The molecule has 0 bridgehead atoms. The second-order valence-electron chi connectivity index (χ2n) is 3.70. The van der Waals surface area contributed by atoms with Gasteiger partial charge in [-0.1, -0.05) is 37.3 Å². The highest BCUT2D eigenvalue weighted by molar-refractivity contribution is 5.73. The number of carboxylic acids is 1. The summed E-state index contributed by atoms with van der Waals surface area (Å²) in [5, 5.41) is 11.2. The molecule has 0 aromatic heterocycles. The molecule has 0 aromatic rings. The Morgan fingerprint density at radius 1 is 1.38 bits per heavy atom. The van der Waals surface area contributed by atoms with Crippen molar-refractivity contribution in [3.63, 3.8) is 0 Å². The minimum atomic E-state index is -1.08. The maximum atomic E-state index is 10.5. The van der Waals surface area contributed by atoms with Crippen molar-refractivity contribution in [3.8, 4) is 0 Å². The van der Waals surface area contributed by atoms with Gasteiger partial charge in [0.25, 0.3) is 0 Å². The van der Waals surface area contributed by atoms with Crippen LogP contribution in [0.3, 0.4) is 0 Å². The third-order valence-corrected chi connectivity index (χ3v) is 2.69. The summed E-state index contributed by atoms with van der Waals surface area (Å²) in [6.45, 7) is 0. The number of carboxylic acid groups (broad SMARTS) is 1. The van der Waals surface area contributed by atoms with E-state index in [-0.39, 0.29) is 0 Å². The molecule has 0 aromatic carbocycles. The van der Waals surface area contributed by atoms with Crippen LogP contribution in [0.15, 0.2) is 5.18 Å². The molecule has 1 aliphatic carbocycles. The molecule has 0 saturated heterocycles. The molecule has 74 valence electrons. The van der Waals surface area contributed by atoms with Crippen LogP contribution in [0.4, 0.5) is 0 Å². The number of aliphatic carboxylic acids is 1. The van der Waals surface area contributed by atoms with E-state index in [1.807, 2.05) is 0 Å². The van der Waals surface area contributed by atoms with Crippen LogP contribution in [0.25, 0.3) is 0 Å². The van der Waals surface area contributed by atoms with E-state index in [9.17, 15) is 9.70 Å². The van der Waals surface area contributed by atoms with Crippen molar-refractivity contribution in [2.75, 3.05) is 0 Å². The summed E-state index contributed by atoms with van der Waals surface area (Å²) in [4.78, 5) is 20.7. The van der Waals surface area contributed by atoms with Gasteiger partial charge in [0, 0.05) is 0 Å². The SMILES string of the molecule is O=NC(CC1CCCCC1)C(=O)O. The van der Waals surface area contributed by atoms with E-state index in [0.717, 1.165) is 25.7 Å². The summed E-state index contributed by atoms with van der Waals surface area (Å²) in [5.74, 6) is -0.687. The van der Waals surface area contributed by atoms with Gasteiger partial charge in [0.1, 0.15) is 0 Å². The Morgan fingerprint density at radius 3 is 2.46 bits per heavy atom. The smallest absolute Gasteiger partial charge is 0.332 e. The summed E-state index contributed by atoms with van der Waals surface area (Å²) in [6.07, 6.45) is 6.10. The van der Waals surface area contributed by atoms with Crippen molar-refractivity contribution >= 4 is 5.97 Å². The van der Waals surface area contributed by atoms with Crippen LogP contribution in [0.2, 0.25) is 0 Å². The molecular weight excluding hydrogens is 170 g/mol. The second-order valence-corrected chi connectivity index (χ2v) is 3.70. The fourth-order valence-corrected chi connectivity index (χ4v) is 1.93. The quantitative estimate of drug-likeness (QED) is 0.682. The van der Waals surface area contributed by atoms with Crippen LogP contribution < -0.4 is 0 Å². The van der Waals surface area contributed by atoms with Crippen molar-refractivity contribution in [1.82, 2.24) is 0 Å². The van der Waals surface area contributed by atoms with E-state index in [4.69, 9.17) is 5.11 Å². The predicted octanol–water partition coefficient (Wildman–Crippen LogP) is 2.18. The Labute approximate surface area is 77.3 Å². The molecule has 1 saturated carbocycles. The minimum absolute atomic E-state index is 0.396. The van der Waals surface area contributed by atoms with Gasteiger partial charge >= 0.3 is 5.97 Å². The summed E-state index contributed by atoms with van der Waals surface area (Å²) in [7, 11) is 0. The monoisotopic (exact) mass is 185 g/mol. The summed E-state index contributed by atoms with van der Waals surface area (Å²) in [5.41, 5.74) is 0. The van der Waals surface area contributed by atoms with Gasteiger partial charge in [-0.2, -0.15) is 0 Å². The number of hydrogen-bond donors (Lipinski definition) is 1. The van der Waals surface area contributed by atoms with Gasteiger partial charge < -0.3 is 5.11 Å². The van der Waals surface area contributed by atoms with Gasteiger partial charge in [-0.25, -0.2) is 4.79 Å². The molecule has 0 aliphatic heterocycles. The Balaban J connectivity index is 2.35. The molecule has 1 unspecified atom stereocenters. The molecule has 0 amide bonds. The summed E-state index contributed by atoms with van der Waals surface area (Å²) >= 11 is 0. The van der Waals surface area contributed by atoms with Crippen molar-refractivity contribution < 1.29 is 9.90 Å². The normalized spacial score (nSPS) is 20.9. The molecule has 4 heteroatoms. The van der Waals surface area contributed by atoms with Crippen LogP contribution in [-0.4, -0.2) is 17.1 Å². The molecule has 1 atom stereocenters. The molecule has 0 radical (unpaired) electrons. The number of nitroso groups, excluding NO2 is 1. The number of hydrogen-bond acceptors (Lipinski definition) is 3. The molecule has 1 rings (SSSR count). The maximum absolute atomic E-state index is 10.5. The van der Waals surface area contributed by atoms with Crippen LogP contribution in [0.1, 0.15) is 38.5 Å². The Kier molecular flexibility index (Phi) is 3.86. The standard InChI is InChI=1S/C9H15NO3/c11-9(12)8(10-13)6-7-4-2-1-3-5-7/h7-8H,1-6H2,(H,11,12). The van der Waals surface area contributed by atoms with Gasteiger partial charge in [-0.3, -0.25) is 0 Å². The zero-order chi connectivity index (χ0) is 9.68. The largest absolute Gasteiger partial charge is 0.480 e. The molecule has 13 heavy (non-hydrogen) atoms. The van der Waals surface area contributed by atoms with Crippen LogP contribution >= 0.6 is 0 Å². The highest BCUT2D eigenvalue weighted by Gasteiger charge is 2.24. The third-order valence-electron chi connectivity index (χ3n) is 2.69. The maximum Gasteiger partial charge on any atom is 0.332 e. The Bertz CT molecular complexity index is 187. The zero-order valence-corrected chi connectivity index (χ0v) is 7.61. The van der Waals surface area contributed by atoms with E-state index < -0.39 is 12.0 Å². The first kappa shape index (κ1) is 10.2. The van der Waals surface area contributed by atoms with Gasteiger partial charge in [0.15, 0.2) is 6.04 Å². The summed E-state index contributed by atoms with van der Waals surface area (Å²) < 4.78 is 0. The molecule has 0 heterocycles. The lowest BCUT2D eigenvalue weighted by Crippen LogP contribution is -2.22. The van der Waals surface area contributed by atoms with Crippen molar-refractivity contribution in [3.05, 3.63) is 4.91 Å². The van der Waals surface area contributed by atoms with Gasteiger partial charge in [0.2, 0.25) is 0 Å². The molecule has 1 aliphatic rings. The average molecular weight is 185 g/mol. The first-order valence-electron chi connectivity index (χ1n) is 4.79. The van der Waals surface area contributed by atoms with Gasteiger partial charge in [-0.15, -0.1) is 4.91 Å². The fourth-order valence-electron chi connectivity index (χ4n) is 1.93. The van der Waals surface area contributed by atoms with E-state index in [1.165, 1.54) is 6.42 Å². The van der Waals surface area contributed by atoms with Crippen LogP contribution in [0.5, 0.6) is 0 Å². The lowest BCUT2D eigenvalue weighted by atomic mass is 9.85. The Morgan fingerprint density at radius 2 is 2.00 bits per heavy atom. The molecule has 0 spiro atoms. The van der Waals surface area contributed by atoms with E-state index in [2.05, 4.69) is 5.18 Å². The van der Waals surface area contributed by atoms with Crippen molar-refractivity contribution in [2.24, 2.45) is 11.1 Å². The molecule has 4 nitrogen and oxygen atoms in total. The topological polar surface area (TPSA) is 66.7 Å². The number of rotatable bonds is 4. The van der Waals surface area contributed by atoms with Crippen molar-refractivity contribution in [2.45, 2.75) is 44.6 Å². The summed E-state index contributed by atoms with van der Waals surface area (Å²) in [6, 6.07) is -1.02. The lowest BCUT2D eigenvalue weighted by molar-refractivity contribution is -0.138. The molecular formula is C9H15NO3. The highest BCUT2D eigenvalue weighted by Crippen LogP contribution is 2.27. The highest BCUT2D eigenvalue weighted by atomic mass is 16.4. The van der Waals surface area contributed by atoms with Crippen LogP contribution in [-0.2, 0) is 4.79 Å². The van der Waals surface area contributed by atoms with Crippen molar-refractivity contribution in [1.29, 1.82) is 0 Å². The van der Waals surface area contributed by atoms with E-state index in [0.29, 0.717) is 12.3 Å². The lowest BCUT2D eigenvalue weighted by Gasteiger charge is -2.21. The van der Waals surface area contributed by atoms with E-state index >= 15 is 0 Å². The number of carbonyl (C=O) groups is 1. The molecule has 1 N–H and O–H groups in total. The second kappa shape index (κ2) is 4.94. The fraction of sp³-hybridized carbons (Fsp3) is 0.889. The van der Waals surface area contributed by atoms with E-state index in [1.54, 1.807) is 0 Å². The average Bonchev–Trinajstić information content (AvgIpc) is 2.15. The predicted molar refractivity (Wildman–Crippen MR) is 48.4 cm³/mol. The Hall–Kier alpha value is -0.930. The minimum Gasteiger partial charge on any atom is -0.480 e. The van der Waals surface area contributed by atoms with Gasteiger partial charge in [-0.05, 0) is 12.3 Å². The molecule has 1 fully saturated rings. The van der Waals surface area contributed by atoms with Crippen LogP contribution in [0, 0.1) is 10.8 Å². The zero-order valence-electron chi connectivity index (χ0n) is 7.61. The number of nitrogens with zero attached hydrogens (tertiary/aromatic N) is 1. The first-order valence-corrected chi connectivity index (χ1v) is 4.79. The van der Waals surface area contributed by atoms with Gasteiger partial charge in [0.05, 0.1) is 0 Å².